The monoisotopic (exact) mass is 503 g/mol. The van der Waals surface area contributed by atoms with Crippen LogP contribution in [0.4, 0.5) is 17.5 Å². The average Bonchev–Trinajstić information content (AvgIpc) is 3.44. The maximum absolute atomic E-state index is 13.8. The third kappa shape index (κ3) is 5.32. The van der Waals surface area contributed by atoms with Crippen molar-refractivity contribution in [1.82, 2.24) is 24.8 Å². The van der Waals surface area contributed by atoms with Gasteiger partial charge in [-0.2, -0.15) is 4.98 Å². The molecule has 1 saturated heterocycles. The molecule has 5 rings (SSSR count). The Balaban J connectivity index is 1.48. The molecular weight excluding hydrogens is 466 g/mol. The minimum absolute atomic E-state index is 0.0819. The number of hydrogen-bond acceptors (Lipinski definition) is 8. The first-order valence-corrected chi connectivity index (χ1v) is 13.5. The molecule has 2 aliphatic rings. The van der Waals surface area contributed by atoms with Gasteiger partial charge in [0.25, 0.3) is 5.56 Å². The number of pyridine rings is 2. The van der Waals surface area contributed by atoms with Gasteiger partial charge in [-0.15, -0.1) is 0 Å². The molecule has 37 heavy (non-hydrogen) atoms. The summed E-state index contributed by atoms with van der Waals surface area (Å²) in [5.41, 5.74) is 3.01. The van der Waals surface area contributed by atoms with Crippen LogP contribution in [0.3, 0.4) is 0 Å². The Kier molecular flexibility index (Phi) is 7.69. The number of fused-ring (bicyclic) bond motifs is 1. The number of nitrogens with zero attached hydrogens (tertiary/aromatic N) is 5. The zero-order chi connectivity index (χ0) is 25.8. The summed E-state index contributed by atoms with van der Waals surface area (Å²) in [6, 6.07) is 4.12. The summed E-state index contributed by atoms with van der Waals surface area (Å²) in [7, 11) is 0. The molecule has 1 aliphatic heterocycles. The van der Waals surface area contributed by atoms with Crippen LogP contribution in [0.2, 0.25) is 0 Å². The predicted molar refractivity (Wildman–Crippen MR) is 149 cm³/mol. The molecule has 0 unspecified atom stereocenters. The molecule has 0 aromatic carbocycles. The topological polar surface area (TPSA) is 97.2 Å². The molecule has 196 valence electrons. The third-order valence-corrected chi connectivity index (χ3v) is 7.42. The number of rotatable bonds is 9. The van der Waals surface area contributed by atoms with Gasteiger partial charge in [-0.25, -0.2) is 9.97 Å². The second-order valence-corrected chi connectivity index (χ2v) is 9.93. The first-order valence-electron chi connectivity index (χ1n) is 13.5. The molecule has 3 aromatic heterocycles. The molecule has 0 atom stereocenters. The van der Waals surface area contributed by atoms with Crippen molar-refractivity contribution >= 4 is 34.2 Å². The minimum atomic E-state index is -0.0819. The van der Waals surface area contributed by atoms with Gasteiger partial charge in [-0.05, 0) is 43.9 Å². The maximum atomic E-state index is 13.8. The Hall–Kier alpha value is -3.46. The lowest BCUT2D eigenvalue weighted by Crippen LogP contribution is -2.43. The van der Waals surface area contributed by atoms with Crippen molar-refractivity contribution in [3.63, 3.8) is 0 Å². The molecule has 3 aromatic rings. The quantitative estimate of drug-likeness (QED) is 0.324. The van der Waals surface area contributed by atoms with Crippen molar-refractivity contribution in [3.8, 4) is 0 Å². The van der Waals surface area contributed by atoms with E-state index in [2.05, 4.69) is 45.1 Å². The summed E-state index contributed by atoms with van der Waals surface area (Å²) in [5.74, 6) is 1.52. The molecular formula is C28H37N7O2. The largest absolute Gasteiger partial charge is 0.493 e. The Labute approximate surface area is 218 Å². The zero-order valence-corrected chi connectivity index (χ0v) is 21.9. The summed E-state index contributed by atoms with van der Waals surface area (Å²) < 4.78 is 7.73. The molecule has 0 spiro atoms. The molecule has 1 saturated carbocycles. The number of anilines is 3. The first kappa shape index (κ1) is 25.2. The fourth-order valence-corrected chi connectivity index (χ4v) is 5.32. The summed E-state index contributed by atoms with van der Waals surface area (Å²) in [5, 5.41) is 7.44. The van der Waals surface area contributed by atoms with E-state index >= 15 is 0 Å². The van der Waals surface area contributed by atoms with Crippen LogP contribution in [0.15, 0.2) is 35.9 Å². The van der Waals surface area contributed by atoms with Crippen molar-refractivity contribution in [2.24, 2.45) is 0 Å². The molecule has 0 bridgehead atoms. The number of unbranched alkanes of at least 4 members (excludes halogenated alkanes) is 1. The number of ether oxygens (including phenoxy) is 1. The first-order chi connectivity index (χ1) is 18.1. The molecule has 2 fully saturated rings. The second kappa shape index (κ2) is 11.3. The molecule has 9 nitrogen and oxygen atoms in total. The van der Waals surface area contributed by atoms with E-state index in [4.69, 9.17) is 9.72 Å². The van der Waals surface area contributed by atoms with E-state index in [1.54, 1.807) is 6.20 Å². The number of piperazine rings is 1. The van der Waals surface area contributed by atoms with Gasteiger partial charge in [0.1, 0.15) is 17.2 Å². The fraction of sp³-hybridized carbons (Fsp3) is 0.500. The van der Waals surface area contributed by atoms with E-state index in [1.165, 1.54) is 0 Å². The van der Waals surface area contributed by atoms with E-state index in [0.717, 1.165) is 81.3 Å². The highest BCUT2D eigenvalue weighted by molar-refractivity contribution is 5.84. The van der Waals surface area contributed by atoms with Gasteiger partial charge < -0.3 is 20.3 Å². The minimum Gasteiger partial charge on any atom is -0.493 e. The van der Waals surface area contributed by atoms with E-state index < -0.39 is 0 Å². The number of nitrogens with one attached hydrogen (secondary N) is 2. The van der Waals surface area contributed by atoms with Gasteiger partial charge in [-0.1, -0.05) is 32.8 Å². The van der Waals surface area contributed by atoms with Crippen LogP contribution in [0.1, 0.15) is 62.6 Å². The van der Waals surface area contributed by atoms with E-state index in [1.807, 2.05) is 23.8 Å². The van der Waals surface area contributed by atoms with E-state index in [0.29, 0.717) is 35.3 Å². The lowest BCUT2D eigenvalue weighted by Gasteiger charge is -2.29. The normalized spacial score (nSPS) is 16.3. The second-order valence-electron chi connectivity index (χ2n) is 9.93. The van der Waals surface area contributed by atoms with Crippen molar-refractivity contribution in [3.05, 3.63) is 52.6 Å². The molecule has 9 heteroatoms. The molecule has 0 radical (unpaired) electrons. The Morgan fingerprint density at radius 1 is 1.19 bits per heavy atom. The number of aromatic nitrogens is 4. The van der Waals surface area contributed by atoms with Gasteiger partial charge in [-0.3, -0.25) is 9.36 Å². The highest BCUT2D eigenvalue weighted by atomic mass is 16.5. The molecule has 2 N–H and O–H groups in total. The average molecular weight is 504 g/mol. The number of hydrogen-bond donors (Lipinski definition) is 2. The lowest BCUT2D eigenvalue weighted by atomic mass is 10.0. The Morgan fingerprint density at radius 3 is 2.68 bits per heavy atom. The van der Waals surface area contributed by atoms with Crippen LogP contribution in [-0.2, 0) is 4.74 Å². The van der Waals surface area contributed by atoms with Crippen LogP contribution < -0.4 is 21.1 Å². The smallest absolute Gasteiger partial charge is 0.263 e. The predicted octanol–water partition coefficient (Wildman–Crippen LogP) is 4.55. The Morgan fingerprint density at radius 2 is 1.97 bits per heavy atom. The van der Waals surface area contributed by atoms with Crippen molar-refractivity contribution in [2.45, 2.75) is 58.4 Å². The van der Waals surface area contributed by atoms with E-state index in [-0.39, 0.29) is 11.6 Å². The summed E-state index contributed by atoms with van der Waals surface area (Å²) in [4.78, 5) is 30.2. The van der Waals surface area contributed by atoms with Crippen LogP contribution in [-0.4, -0.2) is 52.3 Å². The van der Waals surface area contributed by atoms with Crippen LogP contribution in [0, 0.1) is 6.92 Å². The Bertz CT molecular complexity index is 1310. The highest BCUT2D eigenvalue weighted by Gasteiger charge is 2.26. The summed E-state index contributed by atoms with van der Waals surface area (Å²) in [6.07, 6.45) is 9.75. The summed E-state index contributed by atoms with van der Waals surface area (Å²) in [6.45, 7) is 12.6. The molecule has 0 amide bonds. The van der Waals surface area contributed by atoms with E-state index in [9.17, 15) is 4.79 Å². The van der Waals surface area contributed by atoms with Gasteiger partial charge in [0.05, 0.1) is 24.1 Å². The lowest BCUT2D eigenvalue weighted by molar-refractivity contribution is 0.270. The zero-order valence-electron chi connectivity index (χ0n) is 21.9. The third-order valence-electron chi connectivity index (χ3n) is 7.42. The standard InChI is InChI=1S/C28H37N7O2/c1-4-5-16-37-20(3)25-19(2)23-18-31-28(33-26(23)35(27(25)36)21-8-6-7-9-21)32-24-11-10-22(17-30-24)34-14-12-29-13-15-34/h10-11,17-18,21,29H,3-9,12-16H2,1-2H3,(H,30,31,32,33). The maximum Gasteiger partial charge on any atom is 0.263 e. The van der Waals surface area contributed by atoms with Crippen molar-refractivity contribution in [1.29, 1.82) is 0 Å². The summed E-state index contributed by atoms with van der Waals surface area (Å²) >= 11 is 0. The van der Waals surface area contributed by atoms with Crippen LogP contribution in [0.25, 0.3) is 16.8 Å². The molecule has 4 heterocycles. The fourth-order valence-electron chi connectivity index (χ4n) is 5.32. The van der Waals surface area contributed by atoms with Crippen molar-refractivity contribution in [2.75, 3.05) is 43.0 Å². The van der Waals surface area contributed by atoms with Gasteiger partial charge in [0.2, 0.25) is 5.95 Å². The van der Waals surface area contributed by atoms with Crippen LogP contribution in [0.5, 0.6) is 0 Å². The van der Waals surface area contributed by atoms with Gasteiger partial charge in [0, 0.05) is 43.8 Å². The van der Waals surface area contributed by atoms with Crippen LogP contribution >= 0.6 is 0 Å². The SMILES string of the molecule is C=C(OCCCC)c1c(C)c2cnc(Nc3ccc(N4CCNCC4)cn3)nc2n(C2CCCC2)c1=O. The van der Waals surface area contributed by atoms with Crippen molar-refractivity contribution < 1.29 is 4.74 Å². The highest BCUT2D eigenvalue weighted by Crippen LogP contribution is 2.33. The van der Waals surface area contributed by atoms with Gasteiger partial charge >= 0.3 is 0 Å². The molecule has 1 aliphatic carbocycles. The van der Waals surface area contributed by atoms with Gasteiger partial charge in [0.15, 0.2) is 0 Å². The number of aryl methyl sites for hydroxylation is 1.